The SMILES string of the molecule is Cc1c(Cl)cccc1N1CCN(CCCCNC(=O)c2ccc3c(c2)Cc2ccccc2-3)CC1.Cl. The van der Waals surface area contributed by atoms with Crippen LogP contribution in [-0.2, 0) is 6.42 Å². The molecule has 3 aromatic carbocycles. The average Bonchev–Trinajstić information content (AvgIpc) is 3.24. The van der Waals surface area contributed by atoms with Gasteiger partial charge in [-0.05, 0) is 84.8 Å². The topological polar surface area (TPSA) is 35.6 Å². The first kappa shape index (κ1) is 25.6. The molecule has 0 radical (unpaired) electrons. The summed E-state index contributed by atoms with van der Waals surface area (Å²) in [6.07, 6.45) is 3.00. The zero-order valence-corrected chi connectivity index (χ0v) is 21.8. The van der Waals surface area contributed by atoms with Crippen LogP contribution < -0.4 is 10.2 Å². The van der Waals surface area contributed by atoms with Crippen LogP contribution in [0.25, 0.3) is 11.1 Å². The van der Waals surface area contributed by atoms with E-state index in [1.54, 1.807) is 0 Å². The molecule has 0 unspecified atom stereocenters. The van der Waals surface area contributed by atoms with Crippen LogP contribution in [0.3, 0.4) is 0 Å². The smallest absolute Gasteiger partial charge is 0.251 e. The van der Waals surface area contributed by atoms with Crippen molar-refractivity contribution in [3.05, 3.63) is 87.9 Å². The second-order valence-electron chi connectivity index (χ2n) is 9.38. The van der Waals surface area contributed by atoms with Crippen LogP contribution in [-0.4, -0.2) is 50.1 Å². The van der Waals surface area contributed by atoms with Crippen molar-refractivity contribution in [2.24, 2.45) is 0 Å². The quantitative estimate of drug-likeness (QED) is 0.311. The van der Waals surface area contributed by atoms with Crippen molar-refractivity contribution in [2.75, 3.05) is 44.2 Å². The number of halogens is 2. The van der Waals surface area contributed by atoms with Crippen molar-refractivity contribution in [1.29, 1.82) is 0 Å². The minimum absolute atomic E-state index is 0. The summed E-state index contributed by atoms with van der Waals surface area (Å²) >= 11 is 6.30. The molecule has 1 fully saturated rings. The number of piperazine rings is 1. The Kier molecular flexibility index (Phi) is 8.38. The first-order valence-electron chi connectivity index (χ1n) is 12.3. The lowest BCUT2D eigenvalue weighted by molar-refractivity contribution is 0.0952. The second kappa shape index (κ2) is 11.5. The number of unbranched alkanes of at least 4 members (excludes halogenated alkanes) is 1. The van der Waals surface area contributed by atoms with E-state index in [0.29, 0.717) is 0 Å². The number of amides is 1. The largest absolute Gasteiger partial charge is 0.369 e. The molecule has 0 bridgehead atoms. The van der Waals surface area contributed by atoms with Gasteiger partial charge in [-0.25, -0.2) is 0 Å². The Labute approximate surface area is 219 Å². The molecule has 1 heterocycles. The number of fused-ring (bicyclic) bond motifs is 3. The van der Waals surface area contributed by atoms with E-state index in [1.807, 2.05) is 18.2 Å². The van der Waals surface area contributed by atoms with Crippen molar-refractivity contribution in [3.8, 4) is 11.1 Å². The van der Waals surface area contributed by atoms with Crippen molar-refractivity contribution >= 4 is 35.6 Å². The van der Waals surface area contributed by atoms with Crippen molar-refractivity contribution in [2.45, 2.75) is 26.2 Å². The molecule has 184 valence electrons. The Morgan fingerprint density at radius 3 is 2.51 bits per heavy atom. The van der Waals surface area contributed by atoms with Gasteiger partial charge in [0, 0.05) is 49.0 Å². The van der Waals surface area contributed by atoms with Gasteiger partial charge in [-0.1, -0.05) is 48.0 Å². The normalized spacial score (nSPS) is 14.7. The first-order valence-corrected chi connectivity index (χ1v) is 12.7. The number of rotatable bonds is 7. The molecule has 1 aliphatic carbocycles. The molecule has 1 amide bonds. The fraction of sp³-hybridized carbons (Fsp3) is 0.345. The minimum atomic E-state index is 0. The summed E-state index contributed by atoms with van der Waals surface area (Å²) in [5.41, 5.74) is 8.34. The van der Waals surface area contributed by atoms with E-state index < -0.39 is 0 Å². The number of nitrogens with one attached hydrogen (secondary N) is 1. The summed E-state index contributed by atoms with van der Waals surface area (Å²) in [7, 11) is 0. The highest BCUT2D eigenvalue weighted by Gasteiger charge is 2.20. The predicted octanol–water partition coefficient (Wildman–Crippen LogP) is 5.97. The number of benzene rings is 3. The van der Waals surface area contributed by atoms with Crippen LogP contribution in [0.5, 0.6) is 0 Å². The Balaban J connectivity index is 0.00000289. The van der Waals surface area contributed by atoms with Crippen LogP contribution in [0.1, 0.15) is 39.9 Å². The third kappa shape index (κ3) is 5.66. The number of hydrogen-bond donors (Lipinski definition) is 1. The van der Waals surface area contributed by atoms with Crippen LogP contribution in [0.15, 0.2) is 60.7 Å². The van der Waals surface area contributed by atoms with Gasteiger partial charge in [0.05, 0.1) is 0 Å². The van der Waals surface area contributed by atoms with Gasteiger partial charge in [0.2, 0.25) is 0 Å². The molecular weight excluding hydrogens is 477 g/mol. The molecule has 1 aliphatic heterocycles. The molecule has 0 aromatic heterocycles. The maximum atomic E-state index is 12.7. The predicted molar refractivity (Wildman–Crippen MR) is 148 cm³/mol. The summed E-state index contributed by atoms with van der Waals surface area (Å²) in [6, 6.07) is 20.8. The molecule has 5 rings (SSSR count). The molecule has 0 atom stereocenters. The van der Waals surface area contributed by atoms with Crippen molar-refractivity contribution < 1.29 is 4.79 Å². The molecule has 0 spiro atoms. The van der Waals surface area contributed by atoms with Gasteiger partial charge in [-0.2, -0.15) is 0 Å². The molecule has 3 aromatic rings. The lowest BCUT2D eigenvalue weighted by Gasteiger charge is -2.37. The Bertz CT molecular complexity index is 1190. The fourth-order valence-corrected chi connectivity index (χ4v) is 5.37. The molecule has 1 N–H and O–H groups in total. The molecule has 0 saturated carbocycles. The monoisotopic (exact) mass is 509 g/mol. The summed E-state index contributed by atoms with van der Waals surface area (Å²) in [4.78, 5) is 17.6. The van der Waals surface area contributed by atoms with Gasteiger partial charge in [0.15, 0.2) is 0 Å². The van der Waals surface area contributed by atoms with Gasteiger partial charge in [-0.3, -0.25) is 9.69 Å². The first-order chi connectivity index (χ1) is 16.6. The second-order valence-corrected chi connectivity index (χ2v) is 9.79. The number of hydrogen-bond acceptors (Lipinski definition) is 3. The van der Waals surface area contributed by atoms with Gasteiger partial charge < -0.3 is 10.2 Å². The number of carbonyl (C=O) groups is 1. The van der Waals surface area contributed by atoms with E-state index in [9.17, 15) is 4.79 Å². The van der Waals surface area contributed by atoms with E-state index in [1.165, 1.54) is 33.5 Å². The Hall–Kier alpha value is -2.53. The molecule has 4 nitrogen and oxygen atoms in total. The summed E-state index contributed by atoms with van der Waals surface area (Å²) in [6.45, 7) is 8.08. The third-order valence-electron chi connectivity index (χ3n) is 7.19. The van der Waals surface area contributed by atoms with E-state index in [2.05, 4.69) is 64.5 Å². The van der Waals surface area contributed by atoms with Crippen LogP contribution in [0.2, 0.25) is 5.02 Å². The standard InChI is InChI=1S/C29H32ClN3O.ClH/c1-21-27(30)9-6-10-28(21)33-17-15-32(16-18-33)14-5-4-13-31-29(34)23-11-12-26-24(20-23)19-22-7-2-3-8-25(22)26;/h2-3,6-12,20H,4-5,13-19H2,1H3,(H,31,34);1H. The van der Waals surface area contributed by atoms with Crippen LogP contribution in [0, 0.1) is 6.92 Å². The minimum Gasteiger partial charge on any atom is -0.369 e. The van der Waals surface area contributed by atoms with E-state index in [4.69, 9.17) is 11.6 Å². The fourth-order valence-electron chi connectivity index (χ4n) is 5.20. The van der Waals surface area contributed by atoms with E-state index >= 15 is 0 Å². The highest BCUT2D eigenvalue weighted by molar-refractivity contribution is 6.31. The highest BCUT2D eigenvalue weighted by atomic mass is 35.5. The molecule has 6 heteroatoms. The van der Waals surface area contributed by atoms with Gasteiger partial charge >= 0.3 is 0 Å². The molecular formula is C29H33Cl2N3O. The average molecular weight is 511 g/mol. The number of anilines is 1. The lowest BCUT2D eigenvalue weighted by Crippen LogP contribution is -2.46. The van der Waals surface area contributed by atoms with Gasteiger partial charge in [0.25, 0.3) is 5.91 Å². The van der Waals surface area contributed by atoms with Crippen molar-refractivity contribution in [3.63, 3.8) is 0 Å². The summed E-state index contributed by atoms with van der Waals surface area (Å²) in [5.74, 6) is 0.0317. The Morgan fingerprint density at radius 2 is 1.69 bits per heavy atom. The molecule has 1 saturated heterocycles. The van der Waals surface area contributed by atoms with E-state index in [0.717, 1.165) is 69.1 Å². The zero-order valence-electron chi connectivity index (χ0n) is 20.2. The third-order valence-corrected chi connectivity index (χ3v) is 7.60. The highest BCUT2D eigenvalue weighted by Crippen LogP contribution is 2.36. The summed E-state index contributed by atoms with van der Waals surface area (Å²) in [5, 5.41) is 3.95. The van der Waals surface area contributed by atoms with Gasteiger partial charge in [0.1, 0.15) is 0 Å². The van der Waals surface area contributed by atoms with Crippen LogP contribution >= 0.6 is 24.0 Å². The van der Waals surface area contributed by atoms with Gasteiger partial charge in [-0.15, -0.1) is 12.4 Å². The molecule has 2 aliphatic rings. The zero-order chi connectivity index (χ0) is 23.5. The maximum absolute atomic E-state index is 12.7. The lowest BCUT2D eigenvalue weighted by atomic mass is 10.0. The number of nitrogens with zero attached hydrogens (tertiary/aromatic N) is 2. The van der Waals surface area contributed by atoms with Crippen LogP contribution in [0.4, 0.5) is 5.69 Å². The number of carbonyl (C=O) groups excluding carboxylic acids is 1. The van der Waals surface area contributed by atoms with E-state index in [-0.39, 0.29) is 18.3 Å². The molecule has 35 heavy (non-hydrogen) atoms. The Morgan fingerprint density at radius 1 is 0.914 bits per heavy atom. The van der Waals surface area contributed by atoms with Crippen molar-refractivity contribution in [1.82, 2.24) is 10.2 Å². The maximum Gasteiger partial charge on any atom is 0.251 e. The summed E-state index contributed by atoms with van der Waals surface area (Å²) < 4.78 is 0.